The molecular formula is C13H22N2O. The Balaban J connectivity index is 2.07. The number of aliphatic hydroxyl groups is 1. The van der Waals surface area contributed by atoms with Gasteiger partial charge in [0, 0.05) is 6.54 Å². The van der Waals surface area contributed by atoms with E-state index in [-0.39, 0.29) is 6.10 Å². The van der Waals surface area contributed by atoms with Crippen LogP contribution in [0.25, 0.3) is 0 Å². The molecular weight excluding hydrogens is 200 g/mol. The number of nitrogens with zero attached hydrogens (tertiary/aromatic N) is 2. The van der Waals surface area contributed by atoms with Crippen LogP contribution < -0.4 is 0 Å². The molecule has 0 aliphatic heterocycles. The van der Waals surface area contributed by atoms with Gasteiger partial charge in [0.2, 0.25) is 0 Å². The molecule has 2 rings (SSSR count). The molecule has 0 spiro atoms. The van der Waals surface area contributed by atoms with Crippen molar-refractivity contribution in [1.82, 2.24) is 9.55 Å². The first kappa shape index (κ1) is 11.6. The van der Waals surface area contributed by atoms with Gasteiger partial charge in [0.1, 0.15) is 0 Å². The lowest BCUT2D eigenvalue weighted by Gasteiger charge is -2.22. The van der Waals surface area contributed by atoms with Gasteiger partial charge in [-0.2, -0.15) is 0 Å². The van der Waals surface area contributed by atoms with Crippen LogP contribution in [-0.2, 0) is 6.54 Å². The van der Waals surface area contributed by atoms with Gasteiger partial charge in [0.05, 0.1) is 24.3 Å². The van der Waals surface area contributed by atoms with Gasteiger partial charge in [-0.25, -0.2) is 4.98 Å². The third kappa shape index (κ3) is 2.46. The van der Waals surface area contributed by atoms with E-state index in [2.05, 4.69) is 16.5 Å². The molecule has 1 aliphatic carbocycles. The molecule has 1 heterocycles. The van der Waals surface area contributed by atoms with E-state index in [1.54, 1.807) is 0 Å². The van der Waals surface area contributed by atoms with Crippen molar-refractivity contribution in [2.75, 3.05) is 0 Å². The monoisotopic (exact) mass is 222 g/mol. The highest BCUT2D eigenvalue weighted by Crippen LogP contribution is 2.33. The molecule has 1 aromatic rings. The first-order chi connectivity index (χ1) is 7.83. The van der Waals surface area contributed by atoms with Gasteiger partial charge in [-0.3, -0.25) is 0 Å². The second-order valence-corrected chi connectivity index (χ2v) is 4.80. The Bertz CT molecular complexity index is 313. The number of hydrogen-bond donors (Lipinski definition) is 1. The van der Waals surface area contributed by atoms with Crippen molar-refractivity contribution in [2.24, 2.45) is 5.92 Å². The van der Waals surface area contributed by atoms with Crippen molar-refractivity contribution >= 4 is 0 Å². The molecule has 16 heavy (non-hydrogen) atoms. The number of aromatic nitrogens is 2. The predicted octanol–water partition coefficient (Wildman–Crippen LogP) is 2.91. The first-order valence-electron chi connectivity index (χ1n) is 6.51. The Kier molecular flexibility index (Phi) is 3.99. The lowest BCUT2D eigenvalue weighted by molar-refractivity contribution is 0.0913. The largest absolute Gasteiger partial charge is 0.387 e. The van der Waals surface area contributed by atoms with Crippen LogP contribution in [0, 0.1) is 5.92 Å². The normalized spacial score (nSPS) is 20.6. The summed E-state index contributed by atoms with van der Waals surface area (Å²) in [5.74, 6) is 0.435. The van der Waals surface area contributed by atoms with Crippen LogP contribution in [0.5, 0.6) is 0 Å². The topological polar surface area (TPSA) is 38.0 Å². The summed E-state index contributed by atoms with van der Waals surface area (Å²) in [5, 5.41) is 10.4. The van der Waals surface area contributed by atoms with Crippen LogP contribution in [0.3, 0.4) is 0 Å². The standard InChI is InChI=1S/C13H22N2O/c1-2-15-10-14-9-12(15)13(16)11-7-5-3-4-6-8-11/h9-11,13,16H,2-8H2,1H3. The number of hydrogen-bond acceptors (Lipinski definition) is 2. The molecule has 3 heteroatoms. The number of aliphatic hydroxyl groups excluding tert-OH is 1. The van der Waals surface area contributed by atoms with Gasteiger partial charge >= 0.3 is 0 Å². The highest BCUT2D eigenvalue weighted by Gasteiger charge is 2.24. The second-order valence-electron chi connectivity index (χ2n) is 4.80. The summed E-state index contributed by atoms with van der Waals surface area (Å²) in [7, 11) is 0. The molecule has 1 fully saturated rings. The zero-order chi connectivity index (χ0) is 11.4. The SMILES string of the molecule is CCn1cncc1C(O)C1CCCCCC1. The Labute approximate surface area is 97.5 Å². The lowest BCUT2D eigenvalue weighted by atomic mass is 9.92. The molecule has 1 N–H and O–H groups in total. The zero-order valence-electron chi connectivity index (χ0n) is 10.1. The maximum Gasteiger partial charge on any atom is 0.0983 e. The van der Waals surface area contributed by atoms with Crippen molar-refractivity contribution in [3.8, 4) is 0 Å². The molecule has 0 saturated heterocycles. The van der Waals surface area contributed by atoms with E-state index in [0.717, 1.165) is 25.1 Å². The minimum Gasteiger partial charge on any atom is -0.387 e. The van der Waals surface area contributed by atoms with Gasteiger partial charge in [0.25, 0.3) is 0 Å². The van der Waals surface area contributed by atoms with Crippen molar-refractivity contribution in [3.63, 3.8) is 0 Å². The summed E-state index contributed by atoms with van der Waals surface area (Å²) >= 11 is 0. The third-order valence-electron chi connectivity index (χ3n) is 3.73. The second kappa shape index (κ2) is 5.48. The maximum atomic E-state index is 10.4. The number of imidazole rings is 1. The summed E-state index contributed by atoms with van der Waals surface area (Å²) in [6.07, 6.45) is 10.8. The predicted molar refractivity (Wildman–Crippen MR) is 64.1 cm³/mol. The van der Waals surface area contributed by atoms with Gasteiger partial charge < -0.3 is 9.67 Å². The smallest absolute Gasteiger partial charge is 0.0983 e. The third-order valence-corrected chi connectivity index (χ3v) is 3.73. The van der Waals surface area contributed by atoms with Crippen molar-refractivity contribution in [1.29, 1.82) is 0 Å². The highest BCUT2D eigenvalue weighted by atomic mass is 16.3. The molecule has 3 nitrogen and oxygen atoms in total. The van der Waals surface area contributed by atoms with Crippen LogP contribution in [0.15, 0.2) is 12.5 Å². The number of rotatable bonds is 3. The van der Waals surface area contributed by atoms with Crippen LogP contribution in [-0.4, -0.2) is 14.7 Å². The van der Waals surface area contributed by atoms with E-state index < -0.39 is 0 Å². The summed E-state index contributed by atoms with van der Waals surface area (Å²) in [4.78, 5) is 4.14. The first-order valence-corrected chi connectivity index (χ1v) is 6.51. The molecule has 1 aromatic heterocycles. The average molecular weight is 222 g/mol. The molecule has 90 valence electrons. The highest BCUT2D eigenvalue weighted by molar-refractivity contribution is 5.04. The Morgan fingerprint density at radius 1 is 1.38 bits per heavy atom. The van der Waals surface area contributed by atoms with Crippen molar-refractivity contribution in [3.05, 3.63) is 18.2 Å². The van der Waals surface area contributed by atoms with E-state index in [1.807, 2.05) is 12.5 Å². The summed E-state index contributed by atoms with van der Waals surface area (Å²) < 4.78 is 2.05. The van der Waals surface area contributed by atoms with E-state index in [9.17, 15) is 5.11 Å². The average Bonchev–Trinajstić information content (AvgIpc) is 2.61. The van der Waals surface area contributed by atoms with Gasteiger partial charge in [-0.1, -0.05) is 25.7 Å². The summed E-state index contributed by atoms with van der Waals surface area (Å²) in [5.41, 5.74) is 0.995. The Hall–Kier alpha value is -0.830. The molecule has 1 unspecified atom stereocenters. The van der Waals surface area contributed by atoms with Crippen molar-refractivity contribution < 1.29 is 5.11 Å². The molecule has 1 saturated carbocycles. The fraction of sp³-hybridized carbons (Fsp3) is 0.769. The van der Waals surface area contributed by atoms with Crippen LogP contribution in [0.4, 0.5) is 0 Å². The minimum absolute atomic E-state index is 0.319. The Morgan fingerprint density at radius 3 is 2.69 bits per heavy atom. The van der Waals surface area contributed by atoms with E-state index >= 15 is 0 Å². The van der Waals surface area contributed by atoms with Crippen LogP contribution in [0.2, 0.25) is 0 Å². The van der Waals surface area contributed by atoms with Gasteiger partial charge in [-0.05, 0) is 25.7 Å². The molecule has 0 aromatic carbocycles. The molecule has 1 atom stereocenters. The molecule has 0 amide bonds. The van der Waals surface area contributed by atoms with Gasteiger partial charge in [0.15, 0.2) is 0 Å². The zero-order valence-corrected chi connectivity index (χ0v) is 10.1. The quantitative estimate of drug-likeness (QED) is 0.798. The van der Waals surface area contributed by atoms with Crippen molar-refractivity contribution in [2.45, 2.75) is 58.1 Å². The fourth-order valence-corrected chi connectivity index (χ4v) is 2.71. The maximum absolute atomic E-state index is 10.4. The Morgan fingerprint density at radius 2 is 2.06 bits per heavy atom. The van der Waals surface area contributed by atoms with E-state index in [1.165, 1.54) is 25.7 Å². The molecule has 1 aliphatic rings. The van der Waals surface area contributed by atoms with Gasteiger partial charge in [-0.15, -0.1) is 0 Å². The summed E-state index contributed by atoms with van der Waals surface area (Å²) in [6, 6.07) is 0. The van der Waals surface area contributed by atoms with Crippen LogP contribution in [0.1, 0.15) is 57.2 Å². The van der Waals surface area contributed by atoms with E-state index in [0.29, 0.717) is 5.92 Å². The molecule has 0 bridgehead atoms. The molecule has 0 radical (unpaired) electrons. The minimum atomic E-state index is -0.319. The number of aryl methyl sites for hydroxylation is 1. The summed E-state index contributed by atoms with van der Waals surface area (Å²) in [6.45, 7) is 2.98. The fourth-order valence-electron chi connectivity index (χ4n) is 2.71. The lowest BCUT2D eigenvalue weighted by Crippen LogP contribution is -2.15. The van der Waals surface area contributed by atoms with E-state index in [4.69, 9.17) is 0 Å². The van der Waals surface area contributed by atoms with Crippen LogP contribution >= 0.6 is 0 Å².